The highest BCUT2D eigenvalue weighted by Gasteiger charge is 2.32. The lowest BCUT2D eigenvalue weighted by Gasteiger charge is -2.42. The van der Waals surface area contributed by atoms with Crippen LogP contribution in [0.2, 0.25) is 0 Å². The van der Waals surface area contributed by atoms with E-state index in [0.717, 1.165) is 25.0 Å². The fourth-order valence-electron chi connectivity index (χ4n) is 2.16. The SMILES string of the molecule is CC1(C)CN(Cc2cncs2)CC(CBr)O1. The molecule has 1 aromatic rings. The highest BCUT2D eigenvalue weighted by Crippen LogP contribution is 2.24. The van der Waals surface area contributed by atoms with Crippen molar-refractivity contribution < 1.29 is 4.74 Å². The molecular weight excluding hydrogens is 288 g/mol. The van der Waals surface area contributed by atoms with Crippen LogP contribution in [0.1, 0.15) is 18.7 Å². The molecule has 0 saturated carbocycles. The van der Waals surface area contributed by atoms with Crippen LogP contribution in [0.5, 0.6) is 0 Å². The fraction of sp³-hybridized carbons (Fsp3) is 0.727. The topological polar surface area (TPSA) is 25.4 Å². The number of aromatic nitrogens is 1. The van der Waals surface area contributed by atoms with Crippen molar-refractivity contribution in [2.45, 2.75) is 32.1 Å². The highest BCUT2D eigenvalue weighted by atomic mass is 79.9. The molecule has 16 heavy (non-hydrogen) atoms. The van der Waals surface area contributed by atoms with Crippen LogP contribution in [-0.4, -0.2) is 40.0 Å². The minimum absolute atomic E-state index is 0.0542. The molecule has 1 saturated heterocycles. The van der Waals surface area contributed by atoms with Crippen LogP contribution in [0.4, 0.5) is 0 Å². The van der Waals surface area contributed by atoms with Crippen molar-refractivity contribution >= 4 is 27.3 Å². The van der Waals surface area contributed by atoms with Crippen LogP contribution >= 0.6 is 27.3 Å². The first kappa shape index (κ1) is 12.5. The molecule has 1 fully saturated rings. The van der Waals surface area contributed by atoms with Gasteiger partial charge in [0.1, 0.15) is 0 Å². The Morgan fingerprint density at radius 3 is 3.12 bits per heavy atom. The van der Waals surface area contributed by atoms with Gasteiger partial charge in [0.15, 0.2) is 0 Å². The predicted octanol–water partition coefficient (Wildman–Crippen LogP) is 2.52. The lowest BCUT2D eigenvalue weighted by molar-refractivity contribution is -0.128. The number of nitrogens with zero attached hydrogens (tertiary/aromatic N) is 2. The molecule has 1 aliphatic heterocycles. The van der Waals surface area contributed by atoms with Gasteiger partial charge in [-0.2, -0.15) is 0 Å². The van der Waals surface area contributed by atoms with E-state index in [1.165, 1.54) is 4.88 Å². The third kappa shape index (κ3) is 3.26. The van der Waals surface area contributed by atoms with Crippen LogP contribution < -0.4 is 0 Å². The molecule has 1 aromatic heterocycles. The van der Waals surface area contributed by atoms with Gasteiger partial charge in [0.25, 0.3) is 0 Å². The smallest absolute Gasteiger partial charge is 0.0806 e. The van der Waals surface area contributed by atoms with Crippen molar-refractivity contribution in [3.63, 3.8) is 0 Å². The summed E-state index contributed by atoms with van der Waals surface area (Å²) in [5, 5.41) is 0.898. The molecule has 2 rings (SSSR count). The number of hydrogen-bond acceptors (Lipinski definition) is 4. The highest BCUT2D eigenvalue weighted by molar-refractivity contribution is 9.09. The summed E-state index contributed by atoms with van der Waals surface area (Å²) >= 11 is 5.23. The van der Waals surface area contributed by atoms with E-state index >= 15 is 0 Å². The van der Waals surface area contributed by atoms with Gasteiger partial charge in [0, 0.05) is 36.0 Å². The molecule has 0 N–H and O–H groups in total. The number of hydrogen-bond donors (Lipinski definition) is 0. The molecule has 0 spiro atoms. The Morgan fingerprint density at radius 2 is 2.50 bits per heavy atom. The number of halogens is 1. The van der Waals surface area contributed by atoms with Crippen molar-refractivity contribution in [2.75, 3.05) is 18.4 Å². The third-order valence-electron chi connectivity index (χ3n) is 2.59. The summed E-state index contributed by atoms with van der Waals surface area (Å²) in [5.74, 6) is 0. The molecule has 0 amide bonds. The molecule has 90 valence electrons. The van der Waals surface area contributed by atoms with Crippen molar-refractivity contribution in [3.05, 3.63) is 16.6 Å². The Kier molecular flexibility index (Phi) is 4.00. The van der Waals surface area contributed by atoms with E-state index in [1.807, 2.05) is 11.7 Å². The number of thiazole rings is 1. The molecule has 3 nitrogen and oxygen atoms in total. The van der Waals surface area contributed by atoms with Gasteiger partial charge < -0.3 is 4.74 Å². The van der Waals surface area contributed by atoms with Crippen molar-refractivity contribution in [3.8, 4) is 0 Å². The van der Waals surface area contributed by atoms with Gasteiger partial charge in [-0.3, -0.25) is 9.88 Å². The molecule has 1 aliphatic rings. The fourth-order valence-corrected chi connectivity index (χ4v) is 3.13. The Balaban J connectivity index is 1.99. The van der Waals surface area contributed by atoms with Crippen LogP contribution in [0.15, 0.2) is 11.7 Å². The van der Waals surface area contributed by atoms with Crippen LogP contribution in [0.3, 0.4) is 0 Å². The van der Waals surface area contributed by atoms with Crippen LogP contribution in [0.25, 0.3) is 0 Å². The first-order valence-electron chi connectivity index (χ1n) is 5.42. The van der Waals surface area contributed by atoms with Gasteiger partial charge in [-0.15, -0.1) is 11.3 Å². The van der Waals surface area contributed by atoms with Crippen LogP contribution in [-0.2, 0) is 11.3 Å². The lowest BCUT2D eigenvalue weighted by Crippen LogP contribution is -2.52. The Hall–Kier alpha value is 0.0300. The Morgan fingerprint density at radius 1 is 1.69 bits per heavy atom. The maximum absolute atomic E-state index is 5.97. The summed E-state index contributed by atoms with van der Waals surface area (Å²) in [6.45, 7) is 7.27. The van der Waals surface area contributed by atoms with E-state index in [2.05, 4.69) is 39.7 Å². The number of ether oxygens (including phenoxy) is 1. The molecule has 0 radical (unpaired) electrons. The van der Waals surface area contributed by atoms with Gasteiger partial charge in [0.2, 0.25) is 0 Å². The summed E-state index contributed by atoms with van der Waals surface area (Å²) in [6, 6.07) is 0. The maximum Gasteiger partial charge on any atom is 0.0806 e. The van der Waals surface area contributed by atoms with E-state index < -0.39 is 0 Å². The molecule has 0 aliphatic carbocycles. The molecule has 0 aromatic carbocycles. The third-order valence-corrected chi connectivity index (χ3v) is 4.07. The second kappa shape index (κ2) is 5.12. The van der Waals surface area contributed by atoms with E-state index in [-0.39, 0.29) is 11.7 Å². The number of rotatable bonds is 3. The number of alkyl halides is 1. The zero-order valence-corrected chi connectivity index (χ0v) is 12.1. The van der Waals surface area contributed by atoms with E-state index in [4.69, 9.17) is 4.74 Å². The zero-order chi connectivity index (χ0) is 11.6. The molecular formula is C11H17BrN2OS. The average molecular weight is 305 g/mol. The molecule has 0 bridgehead atoms. The summed E-state index contributed by atoms with van der Waals surface area (Å²) in [6.07, 6.45) is 2.24. The molecule has 2 heterocycles. The van der Waals surface area contributed by atoms with Crippen LogP contribution in [0, 0.1) is 0 Å². The predicted molar refractivity (Wildman–Crippen MR) is 70.1 cm³/mol. The van der Waals surface area contributed by atoms with Gasteiger partial charge in [-0.25, -0.2) is 0 Å². The van der Waals surface area contributed by atoms with Crippen molar-refractivity contribution in [2.24, 2.45) is 0 Å². The molecule has 1 atom stereocenters. The normalized spacial score (nSPS) is 25.8. The lowest BCUT2D eigenvalue weighted by atomic mass is 10.1. The zero-order valence-electron chi connectivity index (χ0n) is 9.65. The standard InChI is InChI=1S/C11H17BrN2OS/c1-11(2)7-14(5-9(3-12)15-11)6-10-4-13-8-16-10/h4,8-9H,3,5-7H2,1-2H3. The summed E-state index contributed by atoms with van der Waals surface area (Å²) in [4.78, 5) is 7.89. The van der Waals surface area contributed by atoms with Gasteiger partial charge in [-0.05, 0) is 13.8 Å². The second-order valence-electron chi connectivity index (χ2n) is 4.79. The molecule has 5 heteroatoms. The summed E-state index contributed by atoms with van der Waals surface area (Å²) < 4.78 is 5.97. The van der Waals surface area contributed by atoms with E-state index in [1.54, 1.807) is 11.3 Å². The first-order chi connectivity index (χ1) is 7.59. The van der Waals surface area contributed by atoms with Crippen molar-refractivity contribution in [1.29, 1.82) is 0 Å². The minimum atomic E-state index is -0.0542. The first-order valence-corrected chi connectivity index (χ1v) is 7.43. The quantitative estimate of drug-likeness (QED) is 0.802. The average Bonchev–Trinajstić information content (AvgIpc) is 2.67. The van der Waals surface area contributed by atoms with Gasteiger partial charge in [-0.1, -0.05) is 15.9 Å². The van der Waals surface area contributed by atoms with Gasteiger partial charge >= 0.3 is 0 Å². The summed E-state index contributed by atoms with van der Waals surface area (Å²) in [5.41, 5.74) is 1.84. The second-order valence-corrected chi connectivity index (χ2v) is 6.41. The van der Waals surface area contributed by atoms with E-state index in [9.17, 15) is 0 Å². The van der Waals surface area contributed by atoms with Gasteiger partial charge in [0.05, 0.1) is 17.2 Å². The summed E-state index contributed by atoms with van der Waals surface area (Å²) in [7, 11) is 0. The van der Waals surface area contributed by atoms with E-state index in [0.29, 0.717) is 0 Å². The largest absolute Gasteiger partial charge is 0.369 e. The van der Waals surface area contributed by atoms with Crippen molar-refractivity contribution in [1.82, 2.24) is 9.88 Å². The minimum Gasteiger partial charge on any atom is -0.369 e. The maximum atomic E-state index is 5.97. The number of morpholine rings is 1. The Bertz CT molecular complexity index is 329. The molecule has 1 unspecified atom stereocenters. The Labute approximate surface area is 109 Å². The monoisotopic (exact) mass is 304 g/mol.